The van der Waals surface area contributed by atoms with Gasteiger partial charge in [0, 0.05) is 44.7 Å². The SMILES string of the molecule is COC(=O)CCCNC(=S)N1CCN(c2ccc(C(C)=O)cc2F)CC1. The van der Waals surface area contributed by atoms with Gasteiger partial charge in [0.2, 0.25) is 0 Å². The molecule has 1 fully saturated rings. The molecule has 0 radical (unpaired) electrons. The Balaban J connectivity index is 1.80. The summed E-state index contributed by atoms with van der Waals surface area (Å²) >= 11 is 5.38. The third kappa shape index (κ3) is 5.39. The normalized spacial score (nSPS) is 14.1. The van der Waals surface area contributed by atoms with E-state index >= 15 is 0 Å². The van der Waals surface area contributed by atoms with Gasteiger partial charge in [-0.3, -0.25) is 9.59 Å². The van der Waals surface area contributed by atoms with E-state index in [0.717, 1.165) is 0 Å². The van der Waals surface area contributed by atoms with Crippen LogP contribution in [0.3, 0.4) is 0 Å². The van der Waals surface area contributed by atoms with Gasteiger partial charge in [-0.05, 0) is 43.8 Å². The topological polar surface area (TPSA) is 61.9 Å². The number of Topliss-reactive ketones (excluding diaryl/α,β-unsaturated/α-hetero) is 1. The number of ether oxygens (including phenoxy) is 1. The van der Waals surface area contributed by atoms with Crippen LogP contribution in [0.1, 0.15) is 30.1 Å². The highest BCUT2D eigenvalue weighted by molar-refractivity contribution is 7.80. The molecule has 1 aliphatic heterocycles. The molecule has 0 atom stereocenters. The predicted molar refractivity (Wildman–Crippen MR) is 102 cm³/mol. The lowest BCUT2D eigenvalue weighted by Gasteiger charge is -2.37. The Kier molecular flexibility index (Phi) is 7.32. The first-order valence-electron chi connectivity index (χ1n) is 8.57. The number of rotatable bonds is 6. The van der Waals surface area contributed by atoms with Gasteiger partial charge in [0.25, 0.3) is 0 Å². The summed E-state index contributed by atoms with van der Waals surface area (Å²) in [6, 6.07) is 4.60. The van der Waals surface area contributed by atoms with Gasteiger partial charge in [0.1, 0.15) is 5.82 Å². The number of thiocarbonyl (C=S) groups is 1. The van der Waals surface area contributed by atoms with Crippen molar-refractivity contribution in [1.29, 1.82) is 0 Å². The number of halogens is 1. The summed E-state index contributed by atoms with van der Waals surface area (Å²) in [6.07, 6.45) is 1.01. The lowest BCUT2D eigenvalue weighted by atomic mass is 10.1. The number of hydrogen-bond acceptors (Lipinski definition) is 5. The molecule has 1 N–H and O–H groups in total. The lowest BCUT2D eigenvalue weighted by molar-refractivity contribution is -0.140. The third-order valence-corrected chi connectivity index (χ3v) is 4.73. The van der Waals surface area contributed by atoms with E-state index in [2.05, 4.69) is 10.1 Å². The maximum atomic E-state index is 14.3. The van der Waals surface area contributed by atoms with E-state index in [1.807, 2.05) is 9.80 Å². The molecule has 1 aromatic carbocycles. The van der Waals surface area contributed by atoms with Gasteiger partial charge in [-0.1, -0.05) is 0 Å². The molecule has 142 valence electrons. The molecule has 6 nitrogen and oxygen atoms in total. The van der Waals surface area contributed by atoms with E-state index in [0.29, 0.717) is 61.9 Å². The third-order valence-electron chi connectivity index (χ3n) is 4.32. The van der Waals surface area contributed by atoms with Gasteiger partial charge in [-0.2, -0.15) is 0 Å². The van der Waals surface area contributed by atoms with Crippen LogP contribution >= 0.6 is 12.2 Å². The van der Waals surface area contributed by atoms with E-state index in [1.165, 1.54) is 20.1 Å². The molecular formula is C18H24FN3O3S. The minimum atomic E-state index is -0.380. The molecule has 0 aliphatic carbocycles. The van der Waals surface area contributed by atoms with Gasteiger partial charge >= 0.3 is 5.97 Å². The van der Waals surface area contributed by atoms with Crippen LogP contribution in [0.15, 0.2) is 18.2 Å². The first kappa shape index (κ1) is 20.1. The van der Waals surface area contributed by atoms with Crippen molar-refractivity contribution in [2.24, 2.45) is 0 Å². The van der Waals surface area contributed by atoms with Crippen molar-refractivity contribution >= 4 is 34.8 Å². The van der Waals surface area contributed by atoms with Crippen LogP contribution in [0, 0.1) is 5.82 Å². The number of piperazine rings is 1. The Hall–Kier alpha value is -2.22. The molecule has 26 heavy (non-hydrogen) atoms. The van der Waals surface area contributed by atoms with Crippen LogP contribution in [0.2, 0.25) is 0 Å². The summed E-state index contributed by atoms with van der Waals surface area (Å²) in [5.74, 6) is -0.761. The Morgan fingerprint density at radius 2 is 1.96 bits per heavy atom. The molecule has 0 aromatic heterocycles. The number of benzene rings is 1. The zero-order valence-electron chi connectivity index (χ0n) is 15.1. The Morgan fingerprint density at radius 1 is 1.27 bits per heavy atom. The standard InChI is InChI=1S/C18H24FN3O3S/c1-13(23)14-5-6-16(15(19)12-14)21-8-10-22(11-9-21)18(26)20-7-3-4-17(24)25-2/h5-6,12H,3-4,7-11H2,1-2H3,(H,20,26). The summed E-state index contributed by atoms with van der Waals surface area (Å²) in [4.78, 5) is 26.4. The molecule has 1 aliphatic rings. The van der Waals surface area contributed by atoms with Crippen molar-refractivity contribution in [3.05, 3.63) is 29.6 Å². The van der Waals surface area contributed by atoms with Crippen LogP contribution in [0.4, 0.5) is 10.1 Å². The van der Waals surface area contributed by atoms with Crippen LogP contribution in [0.25, 0.3) is 0 Å². The van der Waals surface area contributed by atoms with Gasteiger partial charge in [0.05, 0.1) is 12.8 Å². The van der Waals surface area contributed by atoms with Gasteiger partial charge in [-0.25, -0.2) is 4.39 Å². The van der Waals surface area contributed by atoms with Crippen molar-refractivity contribution in [3.63, 3.8) is 0 Å². The molecule has 0 amide bonds. The number of nitrogens with one attached hydrogen (secondary N) is 1. The molecule has 1 saturated heterocycles. The molecule has 0 unspecified atom stereocenters. The van der Waals surface area contributed by atoms with Crippen LogP contribution in [-0.2, 0) is 9.53 Å². The summed E-state index contributed by atoms with van der Waals surface area (Å²) in [6.45, 7) is 4.66. The first-order chi connectivity index (χ1) is 12.4. The highest BCUT2D eigenvalue weighted by Crippen LogP contribution is 2.22. The summed E-state index contributed by atoms with van der Waals surface area (Å²) in [5, 5.41) is 3.78. The van der Waals surface area contributed by atoms with Crippen LogP contribution in [-0.4, -0.2) is 61.6 Å². The zero-order chi connectivity index (χ0) is 19.1. The quantitative estimate of drug-likeness (QED) is 0.350. The molecule has 8 heteroatoms. The van der Waals surface area contributed by atoms with Crippen molar-refractivity contribution in [1.82, 2.24) is 10.2 Å². The predicted octanol–water partition coefficient (Wildman–Crippen LogP) is 1.98. The average molecular weight is 381 g/mol. The molecule has 0 bridgehead atoms. The fraction of sp³-hybridized carbons (Fsp3) is 0.500. The number of anilines is 1. The molecule has 1 aromatic rings. The van der Waals surface area contributed by atoms with Crippen LogP contribution in [0.5, 0.6) is 0 Å². The number of ketones is 1. The first-order valence-corrected chi connectivity index (χ1v) is 8.98. The second-order valence-electron chi connectivity index (χ2n) is 6.11. The number of methoxy groups -OCH3 is 1. The molecule has 2 rings (SSSR count). The average Bonchev–Trinajstić information content (AvgIpc) is 2.64. The molecule has 1 heterocycles. The van der Waals surface area contributed by atoms with Gasteiger partial charge in [-0.15, -0.1) is 0 Å². The van der Waals surface area contributed by atoms with Gasteiger partial charge < -0.3 is 19.9 Å². The van der Waals surface area contributed by atoms with E-state index in [4.69, 9.17) is 12.2 Å². The Bertz CT molecular complexity index is 676. The van der Waals surface area contributed by atoms with E-state index < -0.39 is 0 Å². The molecule has 0 spiro atoms. The van der Waals surface area contributed by atoms with Crippen LogP contribution < -0.4 is 10.2 Å². The number of hydrogen-bond donors (Lipinski definition) is 1. The van der Waals surface area contributed by atoms with Crippen molar-refractivity contribution in [2.45, 2.75) is 19.8 Å². The van der Waals surface area contributed by atoms with E-state index in [-0.39, 0.29) is 17.6 Å². The summed E-state index contributed by atoms with van der Waals surface area (Å²) in [5.41, 5.74) is 0.883. The maximum Gasteiger partial charge on any atom is 0.305 e. The van der Waals surface area contributed by atoms with E-state index in [1.54, 1.807) is 12.1 Å². The second kappa shape index (κ2) is 9.47. The Labute approximate surface area is 158 Å². The molecular weight excluding hydrogens is 357 g/mol. The fourth-order valence-electron chi connectivity index (χ4n) is 2.77. The minimum Gasteiger partial charge on any atom is -0.469 e. The van der Waals surface area contributed by atoms with Crippen molar-refractivity contribution in [3.8, 4) is 0 Å². The minimum absolute atomic E-state index is 0.149. The number of esters is 1. The molecule has 0 saturated carbocycles. The smallest absolute Gasteiger partial charge is 0.305 e. The summed E-state index contributed by atoms with van der Waals surface area (Å²) < 4.78 is 18.9. The zero-order valence-corrected chi connectivity index (χ0v) is 15.9. The monoisotopic (exact) mass is 381 g/mol. The Morgan fingerprint density at radius 3 is 2.54 bits per heavy atom. The highest BCUT2D eigenvalue weighted by Gasteiger charge is 2.21. The van der Waals surface area contributed by atoms with Crippen molar-refractivity contribution < 1.29 is 18.7 Å². The lowest BCUT2D eigenvalue weighted by Crippen LogP contribution is -2.52. The fourth-order valence-corrected chi connectivity index (χ4v) is 3.06. The largest absolute Gasteiger partial charge is 0.469 e. The summed E-state index contributed by atoms with van der Waals surface area (Å²) in [7, 11) is 1.37. The highest BCUT2D eigenvalue weighted by atomic mass is 32.1. The van der Waals surface area contributed by atoms with Gasteiger partial charge in [0.15, 0.2) is 10.9 Å². The number of carbonyl (C=O) groups is 2. The maximum absolute atomic E-state index is 14.3. The second-order valence-corrected chi connectivity index (χ2v) is 6.49. The van der Waals surface area contributed by atoms with Crippen molar-refractivity contribution in [2.75, 3.05) is 44.7 Å². The van der Waals surface area contributed by atoms with E-state index in [9.17, 15) is 14.0 Å². The number of carbonyl (C=O) groups excluding carboxylic acids is 2. The number of nitrogens with zero attached hydrogens (tertiary/aromatic N) is 2.